The van der Waals surface area contributed by atoms with Crippen molar-refractivity contribution in [2.75, 3.05) is 0 Å². The lowest BCUT2D eigenvalue weighted by molar-refractivity contribution is -0.143. The highest BCUT2D eigenvalue weighted by Gasteiger charge is 2.45. The van der Waals surface area contributed by atoms with E-state index in [-0.39, 0.29) is 34.7 Å². The molecule has 1 aliphatic carbocycles. The summed E-state index contributed by atoms with van der Waals surface area (Å²) < 4.78 is 82.3. The van der Waals surface area contributed by atoms with Crippen LogP contribution in [0.4, 0.5) is 26.3 Å². The maximum atomic E-state index is 13.7. The molecule has 4 rings (SSSR count). The van der Waals surface area contributed by atoms with Crippen LogP contribution in [0.2, 0.25) is 5.02 Å². The number of alkyl halides is 6. The fourth-order valence-corrected chi connectivity index (χ4v) is 4.02. The predicted octanol–water partition coefficient (Wildman–Crippen LogP) is 6.79. The summed E-state index contributed by atoms with van der Waals surface area (Å²) >= 11 is 5.96. The minimum atomic E-state index is -5.05. The standard InChI is InChI=1S/C25H19ClF6N2O/c26-20-8-9-21(33-14-20)23(34-22(35)16-6-7-16,13-15-4-2-1-3-5-15)17-10-18(24(27,28)29)12-19(11-17)25(30,31)32/h1-5,8-12,14,16H,6-7,13H2,(H,34,35). The number of aromatic nitrogens is 1. The van der Waals surface area contributed by atoms with Crippen molar-refractivity contribution < 1.29 is 31.1 Å². The number of carbonyl (C=O) groups is 1. The van der Waals surface area contributed by atoms with Gasteiger partial charge in [-0.2, -0.15) is 26.3 Å². The maximum Gasteiger partial charge on any atom is 0.416 e. The third-order valence-corrected chi connectivity index (χ3v) is 6.07. The average Bonchev–Trinajstić information content (AvgIpc) is 3.64. The first-order chi connectivity index (χ1) is 16.4. The molecule has 0 bridgehead atoms. The van der Waals surface area contributed by atoms with Crippen molar-refractivity contribution in [1.82, 2.24) is 10.3 Å². The Morgan fingerprint density at radius 1 is 0.886 bits per heavy atom. The molecular weight excluding hydrogens is 494 g/mol. The lowest BCUT2D eigenvalue weighted by Crippen LogP contribution is -2.50. The molecule has 1 heterocycles. The Morgan fingerprint density at radius 3 is 1.94 bits per heavy atom. The van der Waals surface area contributed by atoms with Gasteiger partial charge < -0.3 is 5.32 Å². The lowest BCUT2D eigenvalue weighted by Gasteiger charge is -2.36. The number of halogens is 7. The Hall–Kier alpha value is -3.07. The van der Waals surface area contributed by atoms with E-state index >= 15 is 0 Å². The quantitative estimate of drug-likeness (QED) is 0.370. The highest BCUT2D eigenvalue weighted by atomic mass is 35.5. The lowest BCUT2D eigenvalue weighted by atomic mass is 9.79. The summed E-state index contributed by atoms with van der Waals surface area (Å²) in [6.07, 6.45) is -7.85. The van der Waals surface area contributed by atoms with Crippen LogP contribution < -0.4 is 5.32 Å². The summed E-state index contributed by atoms with van der Waals surface area (Å²) in [5, 5.41) is 2.99. The molecule has 1 fully saturated rings. The monoisotopic (exact) mass is 512 g/mol. The van der Waals surface area contributed by atoms with Gasteiger partial charge in [0.25, 0.3) is 0 Å². The van der Waals surface area contributed by atoms with Gasteiger partial charge in [-0.3, -0.25) is 9.78 Å². The van der Waals surface area contributed by atoms with Crippen molar-refractivity contribution in [3.05, 3.63) is 99.8 Å². The number of amides is 1. The highest BCUT2D eigenvalue weighted by molar-refractivity contribution is 6.30. The Bertz CT molecular complexity index is 1180. The molecule has 0 radical (unpaired) electrons. The van der Waals surface area contributed by atoms with Gasteiger partial charge in [-0.15, -0.1) is 0 Å². The Morgan fingerprint density at radius 2 is 1.46 bits per heavy atom. The molecule has 184 valence electrons. The van der Waals surface area contributed by atoms with E-state index < -0.39 is 34.9 Å². The van der Waals surface area contributed by atoms with Crippen molar-refractivity contribution in [3.8, 4) is 0 Å². The van der Waals surface area contributed by atoms with E-state index in [4.69, 9.17) is 11.6 Å². The SMILES string of the molecule is O=C(NC(Cc1ccccc1)(c1cc(C(F)(F)F)cc(C(F)(F)F)c1)c1ccc(Cl)cn1)C1CC1. The van der Waals surface area contributed by atoms with Crippen molar-refractivity contribution in [3.63, 3.8) is 0 Å². The summed E-state index contributed by atoms with van der Waals surface area (Å²) in [6, 6.07) is 12.6. The molecule has 10 heteroatoms. The second-order valence-electron chi connectivity index (χ2n) is 8.49. The molecule has 1 aromatic heterocycles. The summed E-state index contributed by atoms with van der Waals surface area (Å²) in [7, 11) is 0. The number of pyridine rings is 1. The number of benzene rings is 2. The van der Waals surface area contributed by atoms with Crippen molar-refractivity contribution >= 4 is 17.5 Å². The summed E-state index contributed by atoms with van der Waals surface area (Å²) in [5.74, 6) is -0.839. The third kappa shape index (κ3) is 5.61. The number of nitrogens with zero attached hydrogens (tertiary/aromatic N) is 1. The van der Waals surface area contributed by atoms with Crippen molar-refractivity contribution in [1.29, 1.82) is 0 Å². The van der Waals surface area contributed by atoms with Crippen LogP contribution in [0.5, 0.6) is 0 Å². The van der Waals surface area contributed by atoms with Gasteiger partial charge >= 0.3 is 12.4 Å². The van der Waals surface area contributed by atoms with Crippen LogP contribution in [0.15, 0.2) is 66.9 Å². The molecule has 0 saturated heterocycles. The van der Waals surface area contributed by atoms with E-state index in [1.165, 1.54) is 18.3 Å². The smallest absolute Gasteiger partial charge is 0.340 e. The number of hydrogen-bond acceptors (Lipinski definition) is 2. The molecule has 0 aliphatic heterocycles. The zero-order chi connectivity index (χ0) is 25.4. The largest absolute Gasteiger partial charge is 0.416 e. The van der Waals surface area contributed by atoms with Gasteiger partial charge in [0.05, 0.1) is 21.8 Å². The van der Waals surface area contributed by atoms with Crippen LogP contribution in [-0.4, -0.2) is 10.9 Å². The topological polar surface area (TPSA) is 42.0 Å². The van der Waals surface area contributed by atoms with E-state index in [0.29, 0.717) is 30.5 Å². The zero-order valence-electron chi connectivity index (χ0n) is 18.1. The molecule has 3 nitrogen and oxygen atoms in total. The van der Waals surface area contributed by atoms with Crippen molar-refractivity contribution in [2.24, 2.45) is 5.92 Å². The molecule has 1 atom stereocenters. The minimum absolute atomic E-state index is 0.0622. The molecule has 1 saturated carbocycles. The fourth-order valence-electron chi connectivity index (χ4n) is 3.91. The van der Waals surface area contributed by atoms with Crippen molar-refractivity contribution in [2.45, 2.75) is 37.2 Å². The second-order valence-corrected chi connectivity index (χ2v) is 8.92. The average molecular weight is 513 g/mol. The summed E-state index contributed by atoms with van der Waals surface area (Å²) in [5.41, 5.74) is -4.53. The first-order valence-electron chi connectivity index (χ1n) is 10.7. The third-order valence-electron chi connectivity index (χ3n) is 5.84. The van der Waals surface area contributed by atoms with Crippen LogP contribution in [0.25, 0.3) is 0 Å². The predicted molar refractivity (Wildman–Crippen MR) is 117 cm³/mol. The van der Waals surface area contributed by atoms with Gasteiger partial charge in [-0.1, -0.05) is 41.9 Å². The normalized spacial score (nSPS) is 16.0. The van der Waals surface area contributed by atoms with Gasteiger partial charge in [0.2, 0.25) is 5.91 Å². The molecule has 1 unspecified atom stereocenters. The first kappa shape index (κ1) is 25.0. The van der Waals surface area contributed by atoms with Gasteiger partial charge in [0, 0.05) is 18.5 Å². The van der Waals surface area contributed by atoms with Gasteiger partial charge in [0.1, 0.15) is 5.54 Å². The van der Waals surface area contributed by atoms with Crippen LogP contribution in [0.3, 0.4) is 0 Å². The van der Waals surface area contributed by atoms with Crippen LogP contribution >= 0.6 is 11.6 Å². The fraction of sp³-hybridized carbons (Fsp3) is 0.280. The first-order valence-corrected chi connectivity index (χ1v) is 11.0. The second kappa shape index (κ2) is 9.18. The number of hydrogen-bond donors (Lipinski definition) is 1. The molecule has 1 aliphatic rings. The Labute approximate surface area is 202 Å². The van der Waals surface area contributed by atoms with E-state index in [0.717, 1.165) is 0 Å². The highest BCUT2D eigenvalue weighted by Crippen LogP contribution is 2.42. The van der Waals surface area contributed by atoms with Gasteiger partial charge in [-0.25, -0.2) is 0 Å². The number of nitrogens with one attached hydrogen (secondary N) is 1. The minimum Gasteiger partial charge on any atom is -0.340 e. The zero-order valence-corrected chi connectivity index (χ0v) is 18.8. The van der Waals surface area contributed by atoms with Crippen LogP contribution in [0, 0.1) is 5.92 Å². The molecule has 0 spiro atoms. The number of carbonyl (C=O) groups excluding carboxylic acids is 1. The Balaban J connectivity index is 2.02. The maximum absolute atomic E-state index is 13.7. The molecule has 3 aromatic rings. The van der Waals surface area contributed by atoms with E-state index in [1.54, 1.807) is 30.3 Å². The van der Waals surface area contributed by atoms with Crippen LogP contribution in [0.1, 0.15) is 40.8 Å². The molecule has 1 N–H and O–H groups in total. The van der Waals surface area contributed by atoms with Crippen LogP contribution in [-0.2, 0) is 29.1 Å². The van der Waals surface area contributed by atoms with Gasteiger partial charge in [0.15, 0.2) is 0 Å². The molecular formula is C25H19ClF6N2O. The van der Waals surface area contributed by atoms with E-state index in [2.05, 4.69) is 10.3 Å². The molecule has 35 heavy (non-hydrogen) atoms. The van der Waals surface area contributed by atoms with E-state index in [1.807, 2.05) is 0 Å². The summed E-state index contributed by atoms with van der Waals surface area (Å²) in [6.45, 7) is 0. The Kier molecular flexibility index (Phi) is 6.57. The number of rotatable bonds is 6. The molecule has 1 amide bonds. The summed E-state index contributed by atoms with van der Waals surface area (Å²) in [4.78, 5) is 17.2. The van der Waals surface area contributed by atoms with E-state index in [9.17, 15) is 31.1 Å². The van der Waals surface area contributed by atoms with Gasteiger partial charge in [-0.05, 0) is 54.3 Å². The molecule has 2 aromatic carbocycles.